The molecule has 0 spiro atoms. The normalized spacial score (nSPS) is 22.5. The molecule has 0 aliphatic carbocycles. The molecule has 3 saturated heterocycles. The molecule has 0 radical (unpaired) electrons. The average molecular weight is 527 g/mol. The van der Waals surface area contributed by atoms with Crippen LogP contribution in [-0.2, 0) is 28.7 Å². The highest BCUT2D eigenvalue weighted by molar-refractivity contribution is 5.77. The third-order valence-electron chi connectivity index (χ3n) is 6.47. The molecule has 0 atom stereocenters. The fraction of sp³-hybridized carbons (Fsp3) is 0.818. The number of ether oxygens (including phenoxy) is 2. The van der Waals surface area contributed by atoms with Crippen molar-refractivity contribution in [2.24, 2.45) is 0 Å². The quantitative estimate of drug-likeness (QED) is 0.132. The Hall–Kier alpha value is -1.62. The van der Waals surface area contributed by atoms with Crippen LogP contribution in [0.4, 0.5) is 0 Å². The lowest BCUT2D eigenvalue weighted by Crippen LogP contribution is -3.00. The number of quaternary nitrogens is 2. The Bertz CT molecular complexity index is 599. The summed E-state index contributed by atoms with van der Waals surface area (Å²) in [6.45, 7) is 11.6. The Morgan fingerprint density at radius 3 is 1.26 bits per heavy atom. The summed E-state index contributed by atoms with van der Waals surface area (Å²) in [7, 11) is 0. The largest absolute Gasteiger partial charge is 1.00 e. The van der Waals surface area contributed by atoms with Gasteiger partial charge in [0.15, 0.2) is 13.1 Å². The maximum absolute atomic E-state index is 12.4. The fourth-order valence-electron chi connectivity index (χ4n) is 4.53. The zero-order chi connectivity index (χ0) is 23.5. The first-order valence-corrected chi connectivity index (χ1v) is 11.9. The van der Waals surface area contributed by atoms with Gasteiger partial charge in [0.2, 0.25) is 0 Å². The van der Waals surface area contributed by atoms with Gasteiger partial charge in [0, 0.05) is 25.9 Å². The number of carbonyl (C=O) groups is 4. The van der Waals surface area contributed by atoms with Crippen molar-refractivity contribution in [3.05, 3.63) is 0 Å². The predicted molar refractivity (Wildman–Crippen MR) is 117 cm³/mol. The molecule has 3 fully saturated rings. The van der Waals surface area contributed by atoms with Crippen LogP contribution in [0.5, 0.6) is 0 Å². The van der Waals surface area contributed by atoms with Gasteiger partial charge in [-0.15, -0.1) is 0 Å². The minimum atomic E-state index is -0.229. The van der Waals surface area contributed by atoms with Crippen LogP contribution in [0.2, 0.25) is 0 Å². The molecule has 0 aromatic rings. The monoisotopic (exact) mass is 526 g/mol. The van der Waals surface area contributed by atoms with Crippen molar-refractivity contribution in [3.8, 4) is 0 Å². The molecule has 3 aliphatic heterocycles. The second kappa shape index (κ2) is 16.1. The lowest BCUT2D eigenvalue weighted by atomic mass is 10.1. The zero-order valence-electron chi connectivity index (χ0n) is 20.4. The van der Waals surface area contributed by atoms with Crippen molar-refractivity contribution >= 4 is 23.8 Å². The summed E-state index contributed by atoms with van der Waals surface area (Å²) >= 11 is 0. The van der Waals surface area contributed by atoms with Crippen molar-refractivity contribution < 1.29 is 62.4 Å². The second-order valence-corrected chi connectivity index (χ2v) is 8.86. The molecule has 0 aromatic heterocycles. The number of nitrogens with zero attached hydrogens (tertiary/aromatic N) is 2. The molecular weight excluding hydrogens is 487 g/mol. The highest BCUT2D eigenvalue weighted by atomic mass is 35.5. The van der Waals surface area contributed by atoms with E-state index in [2.05, 4.69) is 10.6 Å². The molecule has 3 heterocycles. The Morgan fingerprint density at radius 1 is 0.647 bits per heavy atom. The molecule has 12 heteroatoms. The summed E-state index contributed by atoms with van der Waals surface area (Å²) in [6.07, 6.45) is 1.80. The Kier molecular flexibility index (Phi) is 15.4. The molecule has 2 bridgehead atoms. The van der Waals surface area contributed by atoms with Crippen molar-refractivity contribution in [3.63, 3.8) is 0 Å². The maximum atomic E-state index is 12.4. The number of rotatable bonds is 14. The molecule has 3 rings (SSSR count). The Morgan fingerprint density at radius 2 is 0.971 bits per heavy atom. The van der Waals surface area contributed by atoms with E-state index in [0.717, 1.165) is 48.2 Å². The van der Waals surface area contributed by atoms with Gasteiger partial charge in [-0.1, -0.05) is 0 Å². The van der Waals surface area contributed by atoms with E-state index in [1.54, 1.807) is 13.8 Å². The molecule has 2 N–H and O–H groups in total. The lowest BCUT2D eigenvalue weighted by molar-refractivity contribution is -1.07. The van der Waals surface area contributed by atoms with Crippen LogP contribution >= 0.6 is 0 Å². The highest BCUT2D eigenvalue weighted by Gasteiger charge is 2.50. The first-order valence-electron chi connectivity index (χ1n) is 11.9. The Balaban J connectivity index is 0.00000544. The van der Waals surface area contributed by atoms with E-state index in [1.807, 2.05) is 0 Å². The van der Waals surface area contributed by atoms with Gasteiger partial charge in [-0.2, -0.15) is 0 Å². The summed E-state index contributed by atoms with van der Waals surface area (Å²) in [4.78, 5) is 47.5. The van der Waals surface area contributed by atoms with Gasteiger partial charge in [-0.05, 0) is 26.7 Å². The molecule has 0 unspecified atom stereocenters. The number of carbonyl (C=O) groups excluding carboxylic acids is 4. The van der Waals surface area contributed by atoms with Gasteiger partial charge in [-0.25, -0.2) is 0 Å². The van der Waals surface area contributed by atoms with E-state index in [9.17, 15) is 19.2 Å². The third-order valence-corrected chi connectivity index (χ3v) is 6.47. The average Bonchev–Trinajstić information content (AvgIpc) is 2.76. The highest BCUT2D eigenvalue weighted by Crippen LogP contribution is 2.26. The van der Waals surface area contributed by atoms with Crippen LogP contribution in [0.3, 0.4) is 0 Å². The van der Waals surface area contributed by atoms with Gasteiger partial charge < -0.3 is 53.9 Å². The van der Waals surface area contributed by atoms with Crippen molar-refractivity contribution in [2.75, 3.05) is 78.7 Å². The number of esters is 2. The first kappa shape index (κ1) is 32.4. The summed E-state index contributed by atoms with van der Waals surface area (Å²) in [5, 5.41) is 5.85. The van der Waals surface area contributed by atoms with Crippen LogP contribution < -0.4 is 35.4 Å². The maximum Gasteiger partial charge on any atom is 0.305 e. The molecule has 10 nitrogen and oxygen atoms in total. The zero-order valence-corrected chi connectivity index (χ0v) is 21.9. The number of nitrogens with one attached hydrogen (secondary N) is 2. The number of piperazine rings is 3. The Labute approximate surface area is 215 Å². The van der Waals surface area contributed by atoms with Gasteiger partial charge in [0.05, 0.1) is 13.2 Å². The summed E-state index contributed by atoms with van der Waals surface area (Å²) < 4.78 is 11.3. The van der Waals surface area contributed by atoms with Gasteiger partial charge in [0.1, 0.15) is 39.3 Å². The predicted octanol–water partition coefficient (Wildman–Crippen LogP) is -6.43. The van der Waals surface area contributed by atoms with Gasteiger partial charge in [0.25, 0.3) is 11.8 Å². The molecule has 34 heavy (non-hydrogen) atoms. The third kappa shape index (κ3) is 10.8. The van der Waals surface area contributed by atoms with E-state index in [0.29, 0.717) is 65.1 Å². The number of hydrogen-bond acceptors (Lipinski definition) is 6. The molecule has 0 aromatic carbocycles. The fourth-order valence-corrected chi connectivity index (χ4v) is 4.53. The van der Waals surface area contributed by atoms with Crippen LogP contribution in [0.15, 0.2) is 0 Å². The van der Waals surface area contributed by atoms with Crippen LogP contribution in [0, 0.1) is 0 Å². The van der Waals surface area contributed by atoms with E-state index >= 15 is 0 Å². The summed E-state index contributed by atoms with van der Waals surface area (Å²) in [6, 6.07) is 0. The number of amides is 2. The first-order chi connectivity index (χ1) is 15.3. The molecule has 0 saturated carbocycles. The number of hydrogen-bond donors (Lipinski definition) is 2. The van der Waals surface area contributed by atoms with Crippen LogP contribution in [0.25, 0.3) is 0 Å². The van der Waals surface area contributed by atoms with Gasteiger partial charge >= 0.3 is 11.9 Å². The number of fused-ring (bicyclic) bond motifs is 3. The van der Waals surface area contributed by atoms with Crippen LogP contribution in [-0.4, -0.2) is 111 Å². The topological polar surface area (TPSA) is 111 Å². The summed E-state index contributed by atoms with van der Waals surface area (Å²) in [5.74, 6) is -0.411. The standard InChI is InChI=1S/C22H38N4O6.2ClH/c1-3-31-21(29)7-5-9-23-19(27)17-25-11-14-26(15-12-25,16-13-25)18-20(28)24-10-6-8-22(30)32-4-2;;/h3-18H2,1-2H3;2*1H. The lowest BCUT2D eigenvalue weighted by Gasteiger charge is -2.54. The minimum absolute atomic E-state index is 0. The van der Waals surface area contributed by atoms with E-state index in [1.165, 1.54) is 0 Å². The molecule has 2 amide bonds. The minimum Gasteiger partial charge on any atom is -1.00 e. The SMILES string of the molecule is CCOC(=O)CCCNC(=O)C[N+]12CC[N+](CC(=O)NCCCC(=O)OCC)(CC1)CC2.[Cl-].[Cl-]. The van der Waals surface area contributed by atoms with Crippen LogP contribution in [0.1, 0.15) is 39.5 Å². The summed E-state index contributed by atoms with van der Waals surface area (Å²) in [5.41, 5.74) is 0. The van der Waals surface area contributed by atoms with E-state index in [-0.39, 0.29) is 48.6 Å². The van der Waals surface area contributed by atoms with E-state index in [4.69, 9.17) is 9.47 Å². The van der Waals surface area contributed by atoms with E-state index < -0.39 is 0 Å². The molecule has 3 aliphatic rings. The smallest absolute Gasteiger partial charge is 0.305 e. The number of halogens is 2. The van der Waals surface area contributed by atoms with Gasteiger partial charge in [-0.3, -0.25) is 19.2 Å². The van der Waals surface area contributed by atoms with Crippen molar-refractivity contribution in [1.29, 1.82) is 0 Å². The second-order valence-electron chi connectivity index (χ2n) is 8.86. The van der Waals surface area contributed by atoms with Crippen molar-refractivity contribution in [2.45, 2.75) is 39.5 Å². The molecular formula is C22H40Cl2N4O6. The van der Waals surface area contributed by atoms with Crippen molar-refractivity contribution in [1.82, 2.24) is 10.6 Å². The molecule has 198 valence electrons.